The smallest absolute Gasteiger partial charge is 0.201 e. The van der Waals surface area contributed by atoms with E-state index in [0.717, 1.165) is 18.4 Å². The molecule has 0 radical (unpaired) electrons. The SMILES string of the molecule is C=CCOc1ccc(-c2ccc(-c3ccc(C4COC(CCC=CC)OC4)c(F)c3)cc2)c(F)c1F. The molecule has 1 heterocycles. The monoisotopic (exact) mass is 494 g/mol. The molecule has 1 aliphatic rings. The lowest BCUT2D eigenvalue weighted by Gasteiger charge is -2.29. The van der Waals surface area contributed by atoms with Crippen LogP contribution in [-0.4, -0.2) is 26.1 Å². The lowest BCUT2D eigenvalue weighted by molar-refractivity contribution is -0.189. The van der Waals surface area contributed by atoms with E-state index in [0.29, 0.717) is 29.9 Å². The molecule has 0 amide bonds. The van der Waals surface area contributed by atoms with Crippen LogP contribution < -0.4 is 4.74 Å². The second-order valence-corrected chi connectivity index (χ2v) is 8.59. The summed E-state index contributed by atoms with van der Waals surface area (Å²) in [4.78, 5) is 0. The van der Waals surface area contributed by atoms with Crippen molar-refractivity contribution in [3.63, 3.8) is 0 Å². The minimum absolute atomic E-state index is 0.0813. The van der Waals surface area contributed by atoms with Gasteiger partial charge < -0.3 is 14.2 Å². The molecule has 36 heavy (non-hydrogen) atoms. The summed E-state index contributed by atoms with van der Waals surface area (Å²) in [7, 11) is 0. The standard InChI is InChI=1S/C30H29F3O3/c1-3-5-6-7-28-35-18-23(19-36-28)24-13-12-22(17-26(24)31)20-8-10-21(11-9-20)25-14-15-27(34-16-4-2)30(33)29(25)32/h3-5,8-15,17,23,28H,2,6-7,16,18-19H2,1H3. The van der Waals surface area contributed by atoms with Crippen molar-refractivity contribution >= 4 is 0 Å². The van der Waals surface area contributed by atoms with Gasteiger partial charge in [0.25, 0.3) is 0 Å². The molecule has 0 N–H and O–H groups in total. The maximum Gasteiger partial charge on any atom is 0.201 e. The average Bonchev–Trinajstić information content (AvgIpc) is 2.90. The zero-order chi connectivity index (χ0) is 25.5. The molecule has 188 valence electrons. The van der Waals surface area contributed by atoms with Gasteiger partial charge in [0.2, 0.25) is 5.82 Å². The Morgan fingerprint density at radius 2 is 1.61 bits per heavy atom. The third kappa shape index (κ3) is 5.89. The molecule has 3 aromatic rings. The Bertz CT molecular complexity index is 1210. The fraction of sp³-hybridized carbons (Fsp3) is 0.267. The molecule has 0 bridgehead atoms. The normalized spacial score (nSPS) is 17.9. The summed E-state index contributed by atoms with van der Waals surface area (Å²) in [6, 6.07) is 14.8. The van der Waals surface area contributed by atoms with Gasteiger partial charge in [-0.25, -0.2) is 8.78 Å². The van der Waals surface area contributed by atoms with Crippen LogP contribution in [-0.2, 0) is 9.47 Å². The zero-order valence-electron chi connectivity index (χ0n) is 20.2. The van der Waals surface area contributed by atoms with Gasteiger partial charge >= 0.3 is 0 Å². The van der Waals surface area contributed by atoms with Crippen LogP contribution in [0.2, 0.25) is 0 Å². The number of benzene rings is 3. The van der Waals surface area contributed by atoms with Crippen molar-refractivity contribution < 1.29 is 27.4 Å². The van der Waals surface area contributed by atoms with E-state index in [-0.39, 0.29) is 35.9 Å². The first-order valence-electron chi connectivity index (χ1n) is 12.0. The summed E-state index contributed by atoms with van der Waals surface area (Å²) in [5.41, 5.74) is 2.62. The highest BCUT2D eigenvalue weighted by Crippen LogP contribution is 2.33. The zero-order valence-corrected chi connectivity index (χ0v) is 20.2. The lowest BCUT2D eigenvalue weighted by atomic mass is 9.95. The van der Waals surface area contributed by atoms with Crippen molar-refractivity contribution in [2.75, 3.05) is 19.8 Å². The summed E-state index contributed by atoms with van der Waals surface area (Å²) in [6.07, 6.45) is 6.91. The van der Waals surface area contributed by atoms with Crippen LogP contribution in [0.4, 0.5) is 13.2 Å². The van der Waals surface area contributed by atoms with E-state index >= 15 is 4.39 Å². The molecule has 0 aliphatic carbocycles. The molecular weight excluding hydrogens is 465 g/mol. The molecular formula is C30H29F3O3. The maximum atomic E-state index is 15.0. The van der Waals surface area contributed by atoms with E-state index in [1.165, 1.54) is 24.3 Å². The summed E-state index contributed by atoms with van der Waals surface area (Å²) in [5.74, 6) is -2.70. The van der Waals surface area contributed by atoms with Crippen molar-refractivity contribution in [1.82, 2.24) is 0 Å². The number of hydrogen-bond acceptors (Lipinski definition) is 3. The van der Waals surface area contributed by atoms with Crippen molar-refractivity contribution in [2.45, 2.75) is 32.0 Å². The third-order valence-corrected chi connectivity index (χ3v) is 6.14. The van der Waals surface area contributed by atoms with Crippen LogP contribution in [0.3, 0.4) is 0 Å². The Morgan fingerprint density at radius 3 is 2.28 bits per heavy atom. The number of hydrogen-bond donors (Lipinski definition) is 0. The van der Waals surface area contributed by atoms with E-state index in [1.54, 1.807) is 30.3 Å². The number of allylic oxidation sites excluding steroid dienone is 2. The van der Waals surface area contributed by atoms with E-state index < -0.39 is 11.6 Å². The predicted molar refractivity (Wildman–Crippen MR) is 135 cm³/mol. The molecule has 4 rings (SSSR count). The maximum absolute atomic E-state index is 15.0. The van der Waals surface area contributed by atoms with Gasteiger partial charge in [-0.3, -0.25) is 0 Å². The van der Waals surface area contributed by atoms with Gasteiger partial charge in [0, 0.05) is 17.9 Å². The van der Waals surface area contributed by atoms with Crippen LogP contribution in [0.15, 0.2) is 79.4 Å². The summed E-state index contributed by atoms with van der Waals surface area (Å²) < 4.78 is 60.6. The van der Waals surface area contributed by atoms with Crippen LogP contribution in [0.25, 0.3) is 22.3 Å². The minimum Gasteiger partial charge on any atom is -0.486 e. The number of ether oxygens (including phenoxy) is 3. The minimum atomic E-state index is -1.05. The number of rotatable bonds is 9. The summed E-state index contributed by atoms with van der Waals surface area (Å²) in [6.45, 7) is 6.37. The van der Waals surface area contributed by atoms with Gasteiger partial charge in [-0.15, -0.1) is 0 Å². The highest BCUT2D eigenvalue weighted by atomic mass is 19.2. The van der Waals surface area contributed by atoms with E-state index in [9.17, 15) is 8.78 Å². The van der Waals surface area contributed by atoms with E-state index in [1.807, 2.05) is 19.1 Å². The summed E-state index contributed by atoms with van der Waals surface area (Å²) >= 11 is 0. The molecule has 1 fully saturated rings. The average molecular weight is 495 g/mol. The van der Waals surface area contributed by atoms with Gasteiger partial charge in [0.05, 0.1) is 13.2 Å². The van der Waals surface area contributed by atoms with Gasteiger partial charge in [-0.2, -0.15) is 4.39 Å². The van der Waals surface area contributed by atoms with Gasteiger partial charge in [0.1, 0.15) is 12.4 Å². The quantitative estimate of drug-likeness (QED) is 0.284. The molecule has 0 spiro atoms. The van der Waals surface area contributed by atoms with Crippen LogP contribution >= 0.6 is 0 Å². The largest absolute Gasteiger partial charge is 0.486 e. The first-order chi connectivity index (χ1) is 17.5. The Morgan fingerprint density at radius 1 is 0.917 bits per heavy atom. The Hall–Kier alpha value is -3.35. The van der Waals surface area contributed by atoms with Crippen molar-refractivity contribution in [3.8, 4) is 28.0 Å². The molecule has 0 saturated carbocycles. The topological polar surface area (TPSA) is 27.7 Å². The first kappa shape index (κ1) is 25.7. The summed E-state index contributed by atoms with van der Waals surface area (Å²) in [5, 5.41) is 0. The fourth-order valence-corrected chi connectivity index (χ4v) is 4.18. The Labute approximate surface area is 209 Å². The van der Waals surface area contributed by atoms with Crippen LogP contribution in [0.5, 0.6) is 5.75 Å². The molecule has 0 atom stereocenters. The molecule has 0 unspecified atom stereocenters. The van der Waals surface area contributed by atoms with E-state index in [2.05, 4.69) is 12.7 Å². The molecule has 0 aromatic heterocycles. The van der Waals surface area contributed by atoms with Gasteiger partial charge in [-0.1, -0.05) is 61.2 Å². The first-order valence-corrected chi connectivity index (χ1v) is 12.0. The molecule has 3 nitrogen and oxygen atoms in total. The van der Waals surface area contributed by atoms with E-state index in [4.69, 9.17) is 14.2 Å². The second kappa shape index (κ2) is 12.1. The Kier molecular flexibility index (Phi) is 8.62. The predicted octanol–water partition coefficient (Wildman–Crippen LogP) is 7.82. The van der Waals surface area contributed by atoms with Crippen LogP contribution in [0.1, 0.15) is 31.2 Å². The molecule has 3 aromatic carbocycles. The fourth-order valence-electron chi connectivity index (χ4n) is 4.18. The molecule has 1 saturated heterocycles. The third-order valence-electron chi connectivity index (χ3n) is 6.14. The van der Waals surface area contributed by atoms with Gasteiger partial charge in [-0.05, 0) is 53.8 Å². The number of halogens is 3. The lowest BCUT2D eigenvalue weighted by Crippen LogP contribution is -2.31. The molecule has 1 aliphatic heterocycles. The second-order valence-electron chi connectivity index (χ2n) is 8.59. The Balaban J connectivity index is 1.45. The van der Waals surface area contributed by atoms with Gasteiger partial charge in [0.15, 0.2) is 17.9 Å². The highest BCUT2D eigenvalue weighted by Gasteiger charge is 2.25. The highest BCUT2D eigenvalue weighted by molar-refractivity contribution is 5.71. The van der Waals surface area contributed by atoms with Crippen molar-refractivity contribution in [1.29, 1.82) is 0 Å². The molecule has 6 heteroatoms. The van der Waals surface area contributed by atoms with Crippen molar-refractivity contribution in [2.24, 2.45) is 0 Å². The van der Waals surface area contributed by atoms with Crippen LogP contribution in [0, 0.1) is 17.5 Å². The van der Waals surface area contributed by atoms with Crippen molar-refractivity contribution in [3.05, 3.63) is 102 Å².